The van der Waals surface area contributed by atoms with Gasteiger partial charge in [-0.2, -0.15) is 0 Å². The molecule has 7 aromatic carbocycles. The highest BCUT2D eigenvalue weighted by Gasteiger charge is 2.42. The molecule has 2 aliphatic rings. The zero-order valence-electron chi connectivity index (χ0n) is 30.8. The van der Waals surface area contributed by atoms with Crippen LogP contribution in [0.1, 0.15) is 26.3 Å². The summed E-state index contributed by atoms with van der Waals surface area (Å²) in [5.41, 5.74) is 13.1. The fraction of sp³-hybridized carbons (Fsp3) is 0.0800. The summed E-state index contributed by atoms with van der Waals surface area (Å²) in [5, 5.41) is 17.7. The first kappa shape index (κ1) is 31.8. The highest BCUT2D eigenvalue weighted by Crippen LogP contribution is 2.46. The summed E-state index contributed by atoms with van der Waals surface area (Å²) in [5.74, 6) is 1.96. The Balaban J connectivity index is 1.17. The van der Waals surface area contributed by atoms with E-state index in [0.717, 1.165) is 105 Å². The van der Waals surface area contributed by atoms with Gasteiger partial charge in [0.05, 0.1) is 22.3 Å². The van der Waals surface area contributed by atoms with Gasteiger partial charge in [0, 0.05) is 28.3 Å². The molecule has 0 fully saturated rings. The van der Waals surface area contributed by atoms with E-state index in [1.807, 2.05) is 36.5 Å². The van der Waals surface area contributed by atoms with E-state index >= 15 is 0 Å². The Labute approximate surface area is 319 Å². The summed E-state index contributed by atoms with van der Waals surface area (Å²) < 4.78 is 6.45. The average molecular weight is 707 g/mol. The van der Waals surface area contributed by atoms with Crippen LogP contribution in [0.4, 0.5) is 0 Å². The average Bonchev–Trinajstić information content (AvgIpc) is 3.56. The van der Waals surface area contributed by atoms with E-state index in [1.165, 1.54) is 5.56 Å². The lowest BCUT2D eigenvalue weighted by atomic mass is 9.38. The largest absolute Gasteiger partial charge is 0.507 e. The number of benzene rings is 7. The van der Waals surface area contributed by atoms with Crippen LogP contribution in [0.3, 0.4) is 0 Å². The topological polar surface area (TPSA) is 55.2 Å². The molecule has 1 N–H and O–H groups in total. The summed E-state index contributed by atoms with van der Waals surface area (Å²) in [6.45, 7) is 6.69. The molecule has 260 valence electrons. The minimum atomic E-state index is -0.116. The maximum atomic E-state index is 12.7. The van der Waals surface area contributed by atoms with Crippen LogP contribution in [0.25, 0.3) is 77.2 Å². The maximum Gasteiger partial charge on any atom is 0.252 e. The second-order valence-electron chi connectivity index (χ2n) is 15.9. The van der Waals surface area contributed by atoms with Crippen LogP contribution in [0, 0.1) is 0 Å². The number of rotatable bonds is 3. The number of para-hydroxylation sites is 1. The summed E-state index contributed by atoms with van der Waals surface area (Å²) in [6.07, 6.45) is 1.89. The summed E-state index contributed by atoms with van der Waals surface area (Å²) in [6, 6.07) is 50.9. The lowest BCUT2D eigenvalue weighted by molar-refractivity contribution is 0.484. The Morgan fingerprint density at radius 1 is 0.564 bits per heavy atom. The molecule has 4 heterocycles. The Kier molecular flexibility index (Phi) is 6.73. The number of nitrogens with zero attached hydrogens (tertiary/aromatic N) is 2. The summed E-state index contributed by atoms with van der Waals surface area (Å²) in [7, 11) is 0. The van der Waals surface area contributed by atoms with Gasteiger partial charge in [-0.1, -0.05) is 117 Å². The molecule has 0 saturated heterocycles. The van der Waals surface area contributed by atoms with Crippen molar-refractivity contribution in [2.75, 3.05) is 0 Å². The quantitative estimate of drug-likeness (QED) is 0.147. The molecule has 0 saturated carbocycles. The standard InChI is InChI=1S/C50H35BN2O2/c1-50(2,3)33-25-31(24-32(26-33)42-27-30(22-23-52-42)29-12-5-4-6-13-29)41-21-20-36-34-14-7-8-15-35(34)38-28-40-45(49(54)46(38)48(36)53-41)37-16-11-19-44-47(37)51(40)39-17-9-10-18-43(39)55-44/h4-28,54H,1-3H3. The molecule has 2 aliphatic heterocycles. The third kappa shape index (κ3) is 4.79. The first-order valence-electron chi connectivity index (χ1n) is 18.9. The van der Waals surface area contributed by atoms with Crippen molar-refractivity contribution in [3.05, 3.63) is 157 Å². The van der Waals surface area contributed by atoms with Gasteiger partial charge in [-0.05, 0) is 109 Å². The van der Waals surface area contributed by atoms with Gasteiger partial charge in [0.1, 0.15) is 17.2 Å². The molecular formula is C50H35BN2O2. The van der Waals surface area contributed by atoms with Crippen molar-refractivity contribution >= 4 is 55.5 Å². The minimum Gasteiger partial charge on any atom is -0.507 e. The predicted molar refractivity (Wildman–Crippen MR) is 228 cm³/mol. The van der Waals surface area contributed by atoms with Gasteiger partial charge in [0.2, 0.25) is 0 Å². The molecular weight excluding hydrogens is 671 g/mol. The smallest absolute Gasteiger partial charge is 0.252 e. The van der Waals surface area contributed by atoms with Crippen LogP contribution in [0.5, 0.6) is 17.2 Å². The Morgan fingerprint density at radius 3 is 2.11 bits per heavy atom. The molecule has 9 aromatic rings. The lowest BCUT2D eigenvalue weighted by Gasteiger charge is -2.24. The van der Waals surface area contributed by atoms with Crippen molar-refractivity contribution < 1.29 is 9.84 Å². The van der Waals surface area contributed by atoms with Gasteiger partial charge < -0.3 is 9.84 Å². The zero-order chi connectivity index (χ0) is 37.0. The van der Waals surface area contributed by atoms with Crippen molar-refractivity contribution in [1.82, 2.24) is 9.97 Å². The third-order valence-electron chi connectivity index (χ3n) is 11.6. The highest BCUT2D eigenvalue weighted by atomic mass is 16.5. The van der Waals surface area contributed by atoms with Crippen molar-refractivity contribution in [2.24, 2.45) is 0 Å². The van der Waals surface area contributed by atoms with E-state index in [-0.39, 0.29) is 17.9 Å². The van der Waals surface area contributed by atoms with E-state index in [2.05, 4.69) is 136 Å². The van der Waals surface area contributed by atoms with Crippen LogP contribution < -0.4 is 21.1 Å². The molecule has 0 spiro atoms. The molecule has 4 nitrogen and oxygen atoms in total. The number of hydrogen-bond acceptors (Lipinski definition) is 4. The normalized spacial score (nSPS) is 12.8. The van der Waals surface area contributed by atoms with Gasteiger partial charge in [0.25, 0.3) is 6.71 Å². The molecule has 0 bridgehead atoms. The van der Waals surface area contributed by atoms with E-state index < -0.39 is 0 Å². The van der Waals surface area contributed by atoms with E-state index in [0.29, 0.717) is 0 Å². The van der Waals surface area contributed by atoms with Gasteiger partial charge in [-0.25, -0.2) is 4.98 Å². The lowest BCUT2D eigenvalue weighted by Crippen LogP contribution is -2.51. The molecule has 0 amide bonds. The van der Waals surface area contributed by atoms with Crippen LogP contribution in [-0.4, -0.2) is 21.8 Å². The maximum absolute atomic E-state index is 12.7. The van der Waals surface area contributed by atoms with E-state index in [1.54, 1.807) is 0 Å². The number of pyridine rings is 2. The number of phenols is 1. The number of fused-ring (bicyclic) bond motifs is 11. The second-order valence-corrected chi connectivity index (χ2v) is 15.9. The summed E-state index contributed by atoms with van der Waals surface area (Å²) in [4.78, 5) is 10.3. The van der Waals surface area contributed by atoms with Gasteiger partial charge in [-0.3, -0.25) is 4.98 Å². The monoisotopic (exact) mass is 706 g/mol. The van der Waals surface area contributed by atoms with E-state index in [9.17, 15) is 5.11 Å². The SMILES string of the molecule is CC(C)(C)c1cc(-c2cc(-c3ccccc3)ccn2)cc(-c2ccc3c4ccccc4c4cc5c(c(O)c4c3n2)-c2cccc3c2B5c2ccccc2O3)c1. The Bertz CT molecular complexity index is 3070. The molecule has 11 rings (SSSR count). The van der Waals surface area contributed by atoms with Crippen molar-refractivity contribution in [1.29, 1.82) is 0 Å². The van der Waals surface area contributed by atoms with Crippen molar-refractivity contribution in [3.8, 4) is 62.0 Å². The summed E-state index contributed by atoms with van der Waals surface area (Å²) >= 11 is 0. The molecule has 55 heavy (non-hydrogen) atoms. The number of phenolic OH excluding ortho intramolecular Hbond substituents is 1. The number of aromatic hydroxyl groups is 1. The molecule has 2 aromatic heterocycles. The Morgan fingerprint density at radius 2 is 1.29 bits per heavy atom. The fourth-order valence-corrected chi connectivity index (χ4v) is 8.95. The van der Waals surface area contributed by atoms with Crippen LogP contribution in [0.2, 0.25) is 0 Å². The van der Waals surface area contributed by atoms with Crippen LogP contribution >= 0.6 is 0 Å². The molecule has 0 aliphatic carbocycles. The first-order valence-corrected chi connectivity index (χ1v) is 18.9. The number of ether oxygens (including phenoxy) is 1. The minimum absolute atomic E-state index is 0.0391. The van der Waals surface area contributed by atoms with Crippen molar-refractivity contribution in [3.63, 3.8) is 0 Å². The third-order valence-corrected chi connectivity index (χ3v) is 11.6. The predicted octanol–water partition coefficient (Wildman–Crippen LogP) is 10.5. The Hall–Kier alpha value is -6.72. The molecule has 0 unspecified atom stereocenters. The van der Waals surface area contributed by atoms with Crippen LogP contribution in [-0.2, 0) is 5.41 Å². The van der Waals surface area contributed by atoms with Crippen molar-refractivity contribution in [2.45, 2.75) is 26.2 Å². The fourth-order valence-electron chi connectivity index (χ4n) is 8.95. The van der Waals surface area contributed by atoms with E-state index in [4.69, 9.17) is 14.7 Å². The zero-order valence-corrected chi connectivity index (χ0v) is 30.8. The molecule has 0 radical (unpaired) electrons. The van der Waals surface area contributed by atoms with Crippen LogP contribution in [0.15, 0.2) is 152 Å². The second kappa shape index (κ2) is 11.6. The number of aromatic nitrogens is 2. The first-order chi connectivity index (χ1) is 26.8. The highest BCUT2D eigenvalue weighted by molar-refractivity contribution is 7.00. The molecule has 5 heteroatoms. The van der Waals surface area contributed by atoms with Gasteiger partial charge >= 0.3 is 0 Å². The van der Waals surface area contributed by atoms with Gasteiger partial charge in [-0.15, -0.1) is 0 Å². The number of hydrogen-bond donors (Lipinski definition) is 1. The van der Waals surface area contributed by atoms with Gasteiger partial charge in [0.15, 0.2) is 0 Å². The molecule has 0 atom stereocenters.